The molecule has 0 bridgehead atoms. The number of nitrogens with zero attached hydrogens (tertiary/aromatic N) is 2. The normalized spacial score (nSPS) is 21.3. The summed E-state index contributed by atoms with van der Waals surface area (Å²) in [6.07, 6.45) is 5.42. The largest absolute Gasteiger partial charge is 0.385 e. The highest BCUT2D eigenvalue weighted by Crippen LogP contribution is 2.41. The summed E-state index contributed by atoms with van der Waals surface area (Å²) >= 11 is 12.8. The van der Waals surface area contributed by atoms with Crippen LogP contribution in [0.2, 0.25) is 10.0 Å². The van der Waals surface area contributed by atoms with Gasteiger partial charge in [-0.2, -0.15) is 0 Å². The van der Waals surface area contributed by atoms with Gasteiger partial charge in [0.1, 0.15) is 0 Å². The Kier molecular flexibility index (Phi) is 10.0. The van der Waals surface area contributed by atoms with Crippen LogP contribution in [0.15, 0.2) is 78.9 Å². The minimum absolute atomic E-state index is 0. The number of amides is 1. The van der Waals surface area contributed by atoms with Crippen molar-refractivity contribution in [3.8, 4) is 0 Å². The van der Waals surface area contributed by atoms with Crippen LogP contribution in [-0.2, 0) is 11.0 Å². The molecule has 1 atom stereocenters. The highest BCUT2D eigenvalue weighted by atomic mass is 35.5. The smallest absolute Gasteiger partial charge is 0.253 e. The molecule has 0 radical (unpaired) electrons. The fourth-order valence-electron chi connectivity index (χ4n) is 6.30. The van der Waals surface area contributed by atoms with E-state index in [9.17, 15) is 9.90 Å². The van der Waals surface area contributed by atoms with Gasteiger partial charge in [0.2, 0.25) is 0 Å². The van der Waals surface area contributed by atoms with Crippen molar-refractivity contribution >= 4 is 41.5 Å². The molecule has 0 unspecified atom stereocenters. The maximum absolute atomic E-state index is 13.4. The van der Waals surface area contributed by atoms with Crippen LogP contribution in [-0.4, -0.2) is 53.5 Å². The molecule has 208 valence electrons. The Morgan fingerprint density at radius 3 is 2.15 bits per heavy atom. The van der Waals surface area contributed by atoms with Crippen molar-refractivity contribution in [3.63, 3.8) is 0 Å². The maximum Gasteiger partial charge on any atom is 0.253 e. The van der Waals surface area contributed by atoms with E-state index in [1.807, 2.05) is 77.7 Å². The second-order valence-electron chi connectivity index (χ2n) is 10.9. The topological polar surface area (TPSA) is 43.8 Å². The van der Waals surface area contributed by atoms with Gasteiger partial charge in [-0.25, -0.2) is 0 Å². The van der Waals surface area contributed by atoms with Gasteiger partial charge in [-0.3, -0.25) is 4.79 Å². The molecule has 7 heteroatoms. The molecule has 5 rings (SSSR count). The summed E-state index contributed by atoms with van der Waals surface area (Å²) in [5.41, 5.74) is 2.01. The summed E-state index contributed by atoms with van der Waals surface area (Å²) in [5.74, 6) is 0.0889. The lowest BCUT2D eigenvalue weighted by atomic mass is 9.70. The van der Waals surface area contributed by atoms with E-state index in [4.69, 9.17) is 23.2 Å². The summed E-state index contributed by atoms with van der Waals surface area (Å²) in [6, 6.07) is 25.6. The van der Waals surface area contributed by atoms with Gasteiger partial charge in [0.25, 0.3) is 5.91 Å². The van der Waals surface area contributed by atoms with Gasteiger partial charge in [0, 0.05) is 37.2 Å². The molecular weight excluding hydrogens is 551 g/mol. The van der Waals surface area contributed by atoms with Crippen LogP contribution in [0.3, 0.4) is 0 Å². The zero-order valence-electron chi connectivity index (χ0n) is 22.2. The van der Waals surface area contributed by atoms with Gasteiger partial charge in [-0.05, 0) is 80.5 Å². The number of rotatable bonds is 7. The van der Waals surface area contributed by atoms with Crippen LogP contribution < -0.4 is 0 Å². The van der Waals surface area contributed by atoms with Crippen LogP contribution >= 0.6 is 35.6 Å². The average Bonchev–Trinajstić information content (AvgIpc) is 2.96. The van der Waals surface area contributed by atoms with E-state index in [1.54, 1.807) is 0 Å². The predicted octanol–water partition coefficient (Wildman–Crippen LogP) is 7.35. The number of aliphatic hydroxyl groups is 1. The van der Waals surface area contributed by atoms with E-state index in [2.05, 4.69) is 11.0 Å². The fraction of sp³-hybridized carbons (Fsp3) is 0.406. The quantitative estimate of drug-likeness (QED) is 0.314. The number of halogens is 3. The van der Waals surface area contributed by atoms with Gasteiger partial charge < -0.3 is 14.9 Å². The van der Waals surface area contributed by atoms with Crippen molar-refractivity contribution in [2.75, 3.05) is 32.7 Å². The number of benzene rings is 3. The third kappa shape index (κ3) is 6.81. The van der Waals surface area contributed by atoms with E-state index < -0.39 is 5.60 Å². The SMILES string of the molecule is Cl.O=C(c1ccccc1)N1CCC[C@@](CCCN2CCC(O)(c3ccccc3)CC2)(c2ccc(Cl)c(Cl)c2)C1. The van der Waals surface area contributed by atoms with Gasteiger partial charge in [-0.15, -0.1) is 12.4 Å². The molecule has 39 heavy (non-hydrogen) atoms. The summed E-state index contributed by atoms with van der Waals surface area (Å²) < 4.78 is 0. The van der Waals surface area contributed by atoms with Crippen LogP contribution in [0.25, 0.3) is 0 Å². The number of piperidine rings is 2. The summed E-state index contributed by atoms with van der Waals surface area (Å²) in [6.45, 7) is 4.17. The van der Waals surface area contributed by atoms with Gasteiger partial charge >= 0.3 is 0 Å². The summed E-state index contributed by atoms with van der Waals surface area (Å²) in [5, 5.41) is 12.3. The second kappa shape index (κ2) is 13.1. The van der Waals surface area contributed by atoms with Crippen molar-refractivity contribution in [3.05, 3.63) is 106 Å². The molecule has 1 N–H and O–H groups in total. The molecular formula is C32H37Cl3N2O2. The van der Waals surface area contributed by atoms with Gasteiger partial charge in [0.15, 0.2) is 0 Å². The first-order chi connectivity index (χ1) is 18.4. The molecule has 0 saturated carbocycles. The molecule has 0 spiro atoms. The zero-order valence-corrected chi connectivity index (χ0v) is 24.5. The lowest BCUT2D eigenvalue weighted by Crippen LogP contribution is -2.49. The molecule has 2 aliphatic rings. The maximum atomic E-state index is 13.4. The van der Waals surface area contributed by atoms with Crippen LogP contribution in [0.1, 0.15) is 60.0 Å². The highest BCUT2D eigenvalue weighted by molar-refractivity contribution is 6.42. The minimum atomic E-state index is -0.735. The number of hydrogen-bond acceptors (Lipinski definition) is 3. The average molecular weight is 588 g/mol. The van der Waals surface area contributed by atoms with Crippen molar-refractivity contribution in [1.82, 2.24) is 9.80 Å². The number of likely N-dealkylation sites (tertiary alicyclic amines) is 2. The van der Waals surface area contributed by atoms with Crippen LogP contribution in [0.5, 0.6) is 0 Å². The lowest BCUT2D eigenvalue weighted by Gasteiger charge is -2.44. The first kappa shape index (κ1) is 29.9. The Balaban J connectivity index is 0.00000353. The molecule has 1 amide bonds. The van der Waals surface area contributed by atoms with E-state index in [1.165, 1.54) is 0 Å². The summed E-state index contributed by atoms with van der Waals surface area (Å²) in [4.78, 5) is 17.9. The monoisotopic (exact) mass is 586 g/mol. The number of carbonyl (C=O) groups is 1. The molecule has 3 aromatic rings. The van der Waals surface area contributed by atoms with Crippen LogP contribution in [0.4, 0.5) is 0 Å². The van der Waals surface area contributed by atoms with Crippen LogP contribution in [0, 0.1) is 0 Å². The molecule has 0 aromatic heterocycles. The van der Waals surface area contributed by atoms with Crippen molar-refractivity contribution in [2.24, 2.45) is 0 Å². The number of carbonyl (C=O) groups excluding carboxylic acids is 1. The fourth-order valence-corrected chi connectivity index (χ4v) is 6.60. The van der Waals surface area contributed by atoms with Gasteiger partial charge in [-0.1, -0.05) is 77.8 Å². The standard InChI is InChI=1S/C32H36Cl2N2O2.ClH/c33-28-14-13-27(23-29(28)34)31(16-8-20-36(24-31)30(37)25-9-3-1-4-10-25)15-7-19-35-21-17-32(38,18-22-35)26-11-5-2-6-12-26;/h1-6,9-14,23,38H,7-8,15-22,24H2;1H/t31-;/m1./s1. The molecule has 3 aromatic carbocycles. The molecule has 2 saturated heterocycles. The Morgan fingerprint density at radius 2 is 1.49 bits per heavy atom. The first-order valence-corrected chi connectivity index (χ1v) is 14.4. The summed E-state index contributed by atoms with van der Waals surface area (Å²) in [7, 11) is 0. The number of hydrogen-bond donors (Lipinski definition) is 1. The highest BCUT2D eigenvalue weighted by Gasteiger charge is 2.39. The van der Waals surface area contributed by atoms with E-state index in [-0.39, 0.29) is 23.7 Å². The zero-order chi connectivity index (χ0) is 26.6. The molecule has 0 aliphatic carbocycles. The Bertz CT molecular complexity index is 1230. The third-order valence-electron chi connectivity index (χ3n) is 8.54. The van der Waals surface area contributed by atoms with E-state index in [0.29, 0.717) is 16.6 Å². The molecule has 2 fully saturated rings. The van der Waals surface area contributed by atoms with Crippen molar-refractivity contribution < 1.29 is 9.90 Å². The minimum Gasteiger partial charge on any atom is -0.385 e. The molecule has 4 nitrogen and oxygen atoms in total. The van der Waals surface area contributed by atoms with E-state index >= 15 is 0 Å². The molecule has 2 aliphatic heterocycles. The second-order valence-corrected chi connectivity index (χ2v) is 11.8. The first-order valence-electron chi connectivity index (χ1n) is 13.7. The van der Waals surface area contributed by atoms with E-state index in [0.717, 1.165) is 81.4 Å². The van der Waals surface area contributed by atoms with Crippen molar-refractivity contribution in [1.29, 1.82) is 0 Å². The predicted molar refractivity (Wildman–Crippen MR) is 162 cm³/mol. The van der Waals surface area contributed by atoms with Gasteiger partial charge in [0.05, 0.1) is 15.6 Å². The van der Waals surface area contributed by atoms with Crippen molar-refractivity contribution in [2.45, 2.75) is 49.5 Å². The lowest BCUT2D eigenvalue weighted by molar-refractivity contribution is -0.0265. The Labute approximate surface area is 248 Å². The Hall–Kier alpha value is -2.08. The third-order valence-corrected chi connectivity index (χ3v) is 9.28. The molecule has 2 heterocycles. The Morgan fingerprint density at radius 1 is 0.821 bits per heavy atom.